The van der Waals surface area contributed by atoms with Crippen molar-refractivity contribution in [2.24, 2.45) is 5.92 Å². The topological polar surface area (TPSA) is 4.93 Å². The molecule has 0 aliphatic rings. The van der Waals surface area contributed by atoms with Crippen molar-refractivity contribution in [2.75, 3.05) is 0 Å². The van der Waals surface area contributed by atoms with E-state index in [-0.39, 0.29) is 0 Å². The summed E-state index contributed by atoms with van der Waals surface area (Å²) in [6, 6.07) is 4.05. The Bertz CT molecular complexity index is 279. The first-order valence-corrected chi connectivity index (χ1v) is 4.21. The molecule has 64 valence electrons. The lowest BCUT2D eigenvalue weighted by molar-refractivity contribution is 0.831. The van der Waals surface area contributed by atoms with E-state index >= 15 is 0 Å². The van der Waals surface area contributed by atoms with E-state index in [1.165, 1.54) is 0 Å². The molecule has 0 aromatic carbocycles. The van der Waals surface area contributed by atoms with Gasteiger partial charge < -0.3 is 4.57 Å². The summed E-state index contributed by atoms with van der Waals surface area (Å²) < 4.78 is 2.06. The first kappa shape index (κ1) is 8.85. The van der Waals surface area contributed by atoms with E-state index in [0.717, 1.165) is 5.69 Å². The predicted molar refractivity (Wildman–Crippen MR) is 54.7 cm³/mol. The maximum Gasteiger partial charge on any atom is 0.0443 e. The van der Waals surface area contributed by atoms with Gasteiger partial charge in [0.05, 0.1) is 0 Å². The fourth-order valence-electron chi connectivity index (χ4n) is 0.981. The van der Waals surface area contributed by atoms with Crippen LogP contribution in [0, 0.1) is 5.92 Å². The van der Waals surface area contributed by atoms with E-state index < -0.39 is 0 Å². The van der Waals surface area contributed by atoms with Gasteiger partial charge in [-0.3, -0.25) is 0 Å². The van der Waals surface area contributed by atoms with E-state index in [2.05, 4.69) is 37.3 Å². The quantitative estimate of drug-likeness (QED) is 0.641. The molecule has 1 nitrogen and oxygen atoms in total. The van der Waals surface area contributed by atoms with Crippen LogP contribution >= 0.6 is 0 Å². The van der Waals surface area contributed by atoms with Crippen LogP contribution in [0.25, 0.3) is 12.3 Å². The highest BCUT2D eigenvalue weighted by molar-refractivity contribution is 5.47. The minimum atomic E-state index is 0.588. The second-order valence-corrected chi connectivity index (χ2v) is 3.13. The standard InChI is InChI=1S/C11H15N/c1-4-11-6-5-8-12(11)9-7-10(2)3/h4-10H,1H2,2-3H3. The molecule has 0 saturated carbocycles. The molecule has 0 N–H and O–H groups in total. The molecule has 1 aromatic heterocycles. The summed E-state index contributed by atoms with van der Waals surface area (Å²) in [4.78, 5) is 0. The average Bonchev–Trinajstić information content (AvgIpc) is 2.47. The first-order chi connectivity index (χ1) is 5.74. The summed E-state index contributed by atoms with van der Waals surface area (Å²) in [6.45, 7) is 8.06. The Balaban J connectivity index is 2.81. The molecule has 0 saturated heterocycles. The molecule has 1 aromatic rings. The van der Waals surface area contributed by atoms with Gasteiger partial charge in [0.2, 0.25) is 0 Å². The van der Waals surface area contributed by atoms with Crippen LogP contribution in [0.15, 0.2) is 31.0 Å². The van der Waals surface area contributed by atoms with Crippen molar-refractivity contribution in [3.63, 3.8) is 0 Å². The van der Waals surface area contributed by atoms with Gasteiger partial charge in [0, 0.05) is 18.1 Å². The molecule has 1 heterocycles. The fraction of sp³-hybridized carbons (Fsp3) is 0.273. The van der Waals surface area contributed by atoms with Crippen LogP contribution < -0.4 is 0 Å². The maximum atomic E-state index is 3.74. The van der Waals surface area contributed by atoms with Gasteiger partial charge in [-0.05, 0) is 24.1 Å². The van der Waals surface area contributed by atoms with Crippen molar-refractivity contribution in [3.05, 3.63) is 36.7 Å². The molecule has 0 aliphatic heterocycles. The third-order valence-corrected chi connectivity index (χ3v) is 1.65. The van der Waals surface area contributed by atoms with Gasteiger partial charge in [-0.1, -0.05) is 26.5 Å². The molecular weight excluding hydrogens is 146 g/mol. The van der Waals surface area contributed by atoms with Crippen molar-refractivity contribution >= 4 is 12.3 Å². The molecule has 0 unspecified atom stereocenters. The molecule has 12 heavy (non-hydrogen) atoms. The Labute approximate surface area is 74.0 Å². The van der Waals surface area contributed by atoms with Crippen LogP contribution in [0.1, 0.15) is 19.5 Å². The van der Waals surface area contributed by atoms with E-state index in [9.17, 15) is 0 Å². The van der Waals surface area contributed by atoms with Crippen molar-refractivity contribution in [1.82, 2.24) is 4.57 Å². The number of allylic oxidation sites excluding steroid dienone is 1. The third-order valence-electron chi connectivity index (χ3n) is 1.65. The zero-order valence-electron chi connectivity index (χ0n) is 7.70. The zero-order valence-corrected chi connectivity index (χ0v) is 7.70. The smallest absolute Gasteiger partial charge is 0.0443 e. The predicted octanol–water partition coefficient (Wildman–Crippen LogP) is 3.26. The van der Waals surface area contributed by atoms with E-state index in [1.807, 2.05) is 24.4 Å². The van der Waals surface area contributed by atoms with Gasteiger partial charge in [0.15, 0.2) is 0 Å². The Kier molecular flexibility index (Phi) is 2.92. The molecule has 0 bridgehead atoms. The largest absolute Gasteiger partial charge is 0.324 e. The highest BCUT2D eigenvalue weighted by atomic mass is 14.9. The molecular formula is C11H15N. The molecule has 0 radical (unpaired) electrons. The highest BCUT2D eigenvalue weighted by Gasteiger charge is 1.91. The van der Waals surface area contributed by atoms with Gasteiger partial charge in [0.25, 0.3) is 0 Å². The summed E-state index contributed by atoms with van der Waals surface area (Å²) in [5.74, 6) is 0.588. The minimum Gasteiger partial charge on any atom is -0.324 e. The normalized spacial score (nSPS) is 11.2. The maximum absolute atomic E-state index is 3.74. The number of hydrogen-bond donors (Lipinski definition) is 0. The fourth-order valence-corrected chi connectivity index (χ4v) is 0.981. The summed E-state index contributed by atoms with van der Waals surface area (Å²) >= 11 is 0. The van der Waals surface area contributed by atoms with Crippen LogP contribution in [0.3, 0.4) is 0 Å². The minimum absolute atomic E-state index is 0.588. The summed E-state index contributed by atoms with van der Waals surface area (Å²) in [5.41, 5.74) is 1.13. The Morgan fingerprint density at radius 3 is 2.83 bits per heavy atom. The molecule has 0 fully saturated rings. The zero-order chi connectivity index (χ0) is 8.97. The molecule has 1 heteroatoms. The monoisotopic (exact) mass is 161 g/mol. The van der Waals surface area contributed by atoms with Crippen molar-refractivity contribution in [2.45, 2.75) is 13.8 Å². The first-order valence-electron chi connectivity index (χ1n) is 4.21. The van der Waals surface area contributed by atoms with Crippen LogP contribution in [-0.2, 0) is 0 Å². The molecule has 1 rings (SSSR count). The number of nitrogens with zero attached hydrogens (tertiary/aromatic N) is 1. The summed E-state index contributed by atoms with van der Waals surface area (Å²) in [7, 11) is 0. The lowest BCUT2D eigenvalue weighted by atomic mass is 10.2. The highest BCUT2D eigenvalue weighted by Crippen LogP contribution is 2.05. The van der Waals surface area contributed by atoms with Crippen LogP contribution in [-0.4, -0.2) is 4.57 Å². The van der Waals surface area contributed by atoms with E-state index in [0.29, 0.717) is 5.92 Å². The van der Waals surface area contributed by atoms with Crippen molar-refractivity contribution < 1.29 is 0 Å². The van der Waals surface area contributed by atoms with Crippen molar-refractivity contribution in [1.29, 1.82) is 0 Å². The second-order valence-electron chi connectivity index (χ2n) is 3.13. The SMILES string of the molecule is C=Cc1cccn1C=CC(C)C. The number of hydrogen-bond acceptors (Lipinski definition) is 0. The molecule has 0 aliphatic carbocycles. The number of rotatable bonds is 3. The number of aromatic nitrogens is 1. The Hall–Kier alpha value is -1.24. The van der Waals surface area contributed by atoms with E-state index in [1.54, 1.807) is 0 Å². The molecule has 0 amide bonds. The van der Waals surface area contributed by atoms with Gasteiger partial charge >= 0.3 is 0 Å². The molecule has 0 spiro atoms. The lowest BCUT2D eigenvalue weighted by Gasteiger charge is -1.99. The van der Waals surface area contributed by atoms with Crippen LogP contribution in [0.4, 0.5) is 0 Å². The summed E-state index contributed by atoms with van der Waals surface area (Å²) in [5, 5.41) is 0. The van der Waals surface area contributed by atoms with Gasteiger partial charge in [0.1, 0.15) is 0 Å². The Morgan fingerprint density at radius 1 is 1.50 bits per heavy atom. The van der Waals surface area contributed by atoms with Crippen molar-refractivity contribution in [3.8, 4) is 0 Å². The second kappa shape index (κ2) is 3.96. The Morgan fingerprint density at radius 2 is 2.25 bits per heavy atom. The average molecular weight is 161 g/mol. The lowest BCUT2D eigenvalue weighted by Crippen LogP contribution is -1.87. The third kappa shape index (κ3) is 2.12. The van der Waals surface area contributed by atoms with Crippen LogP contribution in [0.2, 0.25) is 0 Å². The van der Waals surface area contributed by atoms with E-state index in [4.69, 9.17) is 0 Å². The molecule has 0 atom stereocenters. The van der Waals surface area contributed by atoms with Crippen LogP contribution in [0.5, 0.6) is 0 Å². The summed E-state index contributed by atoms with van der Waals surface area (Å²) in [6.07, 6.45) is 8.11. The van der Waals surface area contributed by atoms with Gasteiger partial charge in [-0.15, -0.1) is 0 Å². The van der Waals surface area contributed by atoms with Gasteiger partial charge in [-0.25, -0.2) is 0 Å². The van der Waals surface area contributed by atoms with Gasteiger partial charge in [-0.2, -0.15) is 0 Å².